The number of aliphatic imine (C=N–C) groups is 1. The van der Waals surface area contributed by atoms with Crippen molar-refractivity contribution >= 4 is 17.9 Å². The third-order valence-corrected chi connectivity index (χ3v) is 3.12. The zero-order chi connectivity index (χ0) is 19.6. The molecule has 0 aliphatic carbocycles. The van der Waals surface area contributed by atoms with Crippen molar-refractivity contribution in [3.05, 3.63) is 23.9 Å². The maximum atomic E-state index is 11.6. The summed E-state index contributed by atoms with van der Waals surface area (Å²) in [6.07, 6.45) is 1.36. The van der Waals surface area contributed by atoms with Crippen molar-refractivity contribution < 1.29 is 9.53 Å². The van der Waals surface area contributed by atoms with E-state index in [1.54, 1.807) is 6.20 Å². The van der Waals surface area contributed by atoms with Crippen LogP contribution in [0.1, 0.15) is 33.3 Å². The molecule has 0 atom stereocenters. The van der Waals surface area contributed by atoms with Gasteiger partial charge in [0, 0.05) is 39.9 Å². The molecule has 0 saturated heterocycles. The first-order valence-corrected chi connectivity index (χ1v) is 8.82. The predicted molar refractivity (Wildman–Crippen MR) is 106 cm³/mol. The topological polar surface area (TPSA) is 90.9 Å². The molecular formula is C18H32N6O2. The van der Waals surface area contributed by atoms with Crippen LogP contribution in [0.25, 0.3) is 0 Å². The second-order valence-electron chi connectivity index (χ2n) is 6.97. The van der Waals surface area contributed by atoms with E-state index in [1.807, 2.05) is 58.8 Å². The number of anilines is 1. The van der Waals surface area contributed by atoms with Gasteiger partial charge in [-0.15, -0.1) is 0 Å². The summed E-state index contributed by atoms with van der Waals surface area (Å²) in [7, 11) is 3.91. The van der Waals surface area contributed by atoms with Crippen LogP contribution in [-0.2, 0) is 11.3 Å². The number of aromatic nitrogens is 1. The molecule has 1 amide bonds. The molecule has 146 valence electrons. The largest absolute Gasteiger partial charge is 0.444 e. The van der Waals surface area contributed by atoms with E-state index >= 15 is 0 Å². The van der Waals surface area contributed by atoms with E-state index in [0.29, 0.717) is 25.6 Å². The lowest BCUT2D eigenvalue weighted by atomic mass is 10.2. The van der Waals surface area contributed by atoms with Gasteiger partial charge in [0.05, 0.1) is 6.54 Å². The minimum Gasteiger partial charge on any atom is -0.444 e. The molecule has 0 spiro atoms. The number of pyridine rings is 1. The first kappa shape index (κ1) is 21.5. The van der Waals surface area contributed by atoms with Gasteiger partial charge in [0.15, 0.2) is 5.96 Å². The lowest BCUT2D eigenvalue weighted by Gasteiger charge is -2.20. The van der Waals surface area contributed by atoms with Crippen molar-refractivity contribution in [3.63, 3.8) is 0 Å². The molecular weight excluding hydrogens is 332 g/mol. The number of guanidine groups is 1. The first-order chi connectivity index (χ1) is 12.2. The molecule has 1 heterocycles. The number of rotatable bonds is 7. The second kappa shape index (κ2) is 10.5. The average molecular weight is 364 g/mol. The molecule has 0 bridgehead atoms. The van der Waals surface area contributed by atoms with Gasteiger partial charge in [-0.1, -0.05) is 0 Å². The monoisotopic (exact) mass is 364 g/mol. The standard InChI is InChI=1S/C18H32N6O2/c1-7-19-16(21-10-11-22-17(25)26-18(2,3)4)23-13-14-8-9-20-15(12-14)24(5)6/h8-9,12H,7,10-11,13H2,1-6H3,(H,22,25)(H2,19,21,23). The molecule has 26 heavy (non-hydrogen) atoms. The Labute approximate surface area is 156 Å². The van der Waals surface area contributed by atoms with Crippen LogP contribution in [0.5, 0.6) is 0 Å². The highest BCUT2D eigenvalue weighted by Crippen LogP contribution is 2.10. The summed E-state index contributed by atoms with van der Waals surface area (Å²) < 4.78 is 5.19. The van der Waals surface area contributed by atoms with Crippen LogP contribution in [0.4, 0.5) is 10.6 Å². The van der Waals surface area contributed by atoms with Crippen molar-refractivity contribution in [3.8, 4) is 0 Å². The van der Waals surface area contributed by atoms with Gasteiger partial charge in [-0.25, -0.2) is 14.8 Å². The van der Waals surface area contributed by atoms with Crippen LogP contribution < -0.4 is 20.9 Å². The Hall–Kier alpha value is -2.51. The van der Waals surface area contributed by atoms with Gasteiger partial charge in [-0.05, 0) is 45.4 Å². The molecule has 0 unspecified atom stereocenters. The summed E-state index contributed by atoms with van der Waals surface area (Å²) in [6.45, 7) is 9.80. The summed E-state index contributed by atoms with van der Waals surface area (Å²) in [6, 6.07) is 3.96. The summed E-state index contributed by atoms with van der Waals surface area (Å²) in [4.78, 5) is 22.4. The maximum Gasteiger partial charge on any atom is 0.407 e. The lowest BCUT2D eigenvalue weighted by molar-refractivity contribution is 0.0529. The quantitative estimate of drug-likeness (QED) is 0.388. The van der Waals surface area contributed by atoms with E-state index in [2.05, 4.69) is 25.9 Å². The molecule has 8 nitrogen and oxygen atoms in total. The SMILES string of the molecule is CCNC(=NCc1ccnc(N(C)C)c1)NCCNC(=O)OC(C)(C)C. The smallest absolute Gasteiger partial charge is 0.407 e. The Morgan fingerprint density at radius 1 is 1.23 bits per heavy atom. The van der Waals surface area contributed by atoms with Gasteiger partial charge in [-0.2, -0.15) is 0 Å². The number of alkyl carbamates (subject to hydrolysis) is 1. The molecule has 0 aliphatic rings. The highest BCUT2D eigenvalue weighted by Gasteiger charge is 2.15. The number of ether oxygens (including phenoxy) is 1. The van der Waals surface area contributed by atoms with E-state index in [4.69, 9.17) is 4.74 Å². The van der Waals surface area contributed by atoms with Gasteiger partial charge < -0.3 is 25.6 Å². The number of amides is 1. The van der Waals surface area contributed by atoms with Crippen molar-refractivity contribution in [2.45, 2.75) is 39.8 Å². The minimum atomic E-state index is -0.496. The van der Waals surface area contributed by atoms with Gasteiger partial charge in [-0.3, -0.25) is 0 Å². The van der Waals surface area contributed by atoms with Crippen molar-refractivity contribution in [1.82, 2.24) is 20.9 Å². The van der Waals surface area contributed by atoms with Gasteiger partial charge in [0.25, 0.3) is 0 Å². The van der Waals surface area contributed by atoms with Crippen molar-refractivity contribution in [1.29, 1.82) is 0 Å². The normalized spacial score (nSPS) is 11.7. The molecule has 1 aromatic heterocycles. The van der Waals surface area contributed by atoms with Gasteiger partial charge in [0.2, 0.25) is 0 Å². The molecule has 0 saturated carbocycles. The van der Waals surface area contributed by atoms with E-state index in [0.717, 1.165) is 17.9 Å². The number of carbonyl (C=O) groups is 1. The van der Waals surface area contributed by atoms with Gasteiger partial charge in [0.1, 0.15) is 11.4 Å². The predicted octanol–water partition coefficient (Wildman–Crippen LogP) is 1.73. The highest BCUT2D eigenvalue weighted by molar-refractivity contribution is 5.79. The molecule has 3 N–H and O–H groups in total. The van der Waals surface area contributed by atoms with E-state index in [-0.39, 0.29) is 0 Å². The first-order valence-electron chi connectivity index (χ1n) is 8.82. The number of hydrogen-bond acceptors (Lipinski definition) is 5. The summed E-state index contributed by atoms with van der Waals surface area (Å²) in [5.41, 5.74) is 0.580. The fraction of sp³-hybridized carbons (Fsp3) is 0.611. The fourth-order valence-corrected chi connectivity index (χ4v) is 1.98. The lowest BCUT2D eigenvalue weighted by Crippen LogP contribution is -2.42. The molecule has 8 heteroatoms. The number of nitrogens with zero attached hydrogens (tertiary/aromatic N) is 3. The number of nitrogens with one attached hydrogen (secondary N) is 3. The van der Waals surface area contributed by atoms with Crippen LogP contribution in [0.2, 0.25) is 0 Å². The summed E-state index contributed by atoms with van der Waals surface area (Å²) in [5, 5.41) is 9.08. The Morgan fingerprint density at radius 2 is 1.92 bits per heavy atom. The minimum absolute atomic E-state index is 0.422. The van der Waals surface area contributed by atoms with Gasteiger partial charge >= 0.3 is 6.09 Å². The van der Waals surface area contributed by atoms with Crippen molar-refractivity contribution in [2.24, 2.45) is 4.99 Å². The Balaban J connectivity index is 2.49. The molecule has 1 rings (SSSR count). The van der Waals surface area contributed by atoms with Crippen LogP contribution in [0.3, 0.4) is 0 Å². The third kappa shape index (κ3) is 9.10. The van der Waals surface area contributed by atoms with Crippen molar-refractivity contribution in [2.75, 3.05) is 38.6 Å². The summed E-state index contributed by atoms with van der Waals surface area (Å²) >= 11 is 0. The average Bonchev–Trinajstić information content (AvgIpc) is 2.55. The summed E-state index contributed by atoms with van der Waals surface area (Å²) in [5.74, 6) is 1.60. The second-order valence-corrected chi connectivity index (χ2v) is 6.97. The van der Waals surface area contributed by atoms with E-state index in [9.17, 15) is 4.79 Å². The van der Waals surface area contributed by atoms with Crippen LogP contribution in [0.15, 0.2) is 23.3 Å². The molecule has 0 radical (unpaired) electrons. The molecule has 1 aromatic rings. The van der Waals surface area contributed by atoms with Crippen LogP contribution in [-0.4, -0.2) is 56.4 Å². The van der Waals surface area contributed by atoms with E-state index in [1.165, 1.54) is 0 Å². The third-order valence-electron chi connectivity index (χ3n) is 3.12. The zero-order valence-electron chi connectivity index (χ0n) is 16.7. The molecule has 0 aromatic carbocycles. The molecule has 0 fully saturated rings. The van der Waals surface area contributed by atoms with Crippen LogP contribution in [0, 0.1) is 0 Å². The zero-order valence-corrected chi connectivity index (χ0v) is 16.7. The Morgan fingerprint density at radius 3 is 2.54 bits per heavy atom. The molecule has 0 aliphatic heterocycles. The number of hydrogen-bond donors (Lipinski definition) is 3. The Kier molecular flexibility index (Phi) is 8.67. The number of carbonyl (C=O) groups excluding carboxylic acids is 1. The fourth-order valence-electron chi connectivity index (χ4n) is 1.98. The van der Waals surface area contributed by atoms with Crippen LogP contribution >= 0.6 is 0 Å². The highest BCUT2D eigenvalue weighted by atomic mass is 16.6. The van der Waals surface area contributed by atoms with E-state index < -0.39 is 11.7 Å². The Bertz CT molecular complexity index is 596. The maximum absolute atomic E-state index is 11.6.